The van der Waals surface area contributed by atoms with Gasteiger partial charge in [-0.25, -0.2) is 4.98 Å². The molecule has 1 aliphatic rings. The summed E-state index contributed by atoms with van der Waals surface area (Å²) in [7, 11) is 0. The molecule has 0 spiro atoms. The third-order valence-electron chi connectivity index (χ3n) is 3.38. The third-order valence-corrected chi connectivity index (χ3v) is 4.12. The number of nitrogens with one attached hydrogen (secondary N) is 1. The number of nitrogens with zero attached hydrogens (tertiary/aromatic N) is 2. The van der Waals surface area contributed by atoms with Crippen LogP contribution in [-0.4, -0.2) is 16.1 Å². The van der Waals surface area contributed by atoms with Crippen LogP contribution < -0.4 is 5.32 Å². The van der Waals surface area contributed by atoms with E-state index in [2.05, 4.69) is 31.7 Å². The Morgan fingerprint density at radius 3 is 3.29 bits per heavy atom. The zero-order valence-electron chi connectivity index (χ0n) is 9.80. The first kappa shape index (κ1) is 11.0. The molecule has 1 unspecified atom stereocenters. The average Bonchev–Trinajstić information content (AvgIpc) is 3.09. The van der Waals surface area contributed by atoms with Crippen LogP contribution in [0, 0.1) is 0 Å². The maximum Gasteiger partial charge on any atom is 0.0948 e. The second kappa shape index (κ2) is 5.02. The number of aryl methyl sites for hydroxylation is 2. The Morgan fingerprint density at radius 2 is 2.53 bits per heavy atom. The van der Waals surface area contributed by atoms with E-state index >= 15 is 0 Å². The first-order chi connectivity index (χ1) is 8.43. The van der Waals surface area contributed by atoms with Crippen LogP contribution in [0.4, 0.5) is 0 Å². The highest BCUT2D eigenvalue weighted by molar-refractivity contribution is 7.07. The van der Waals surface area contributed by atoms with Gasteiger partial charge in [0.2, 0.25) is 0 Å². The van der Waals surface area contributed by atoms with E-state index in [1.165, 1.54) is 24.1 Å². The molecular formula is C13H17N3S. The van der Waals surface area contributed by atoms with Crippen LogP contribution in [0.25, 0.3) is 0 Å². The van der Waals surface area contributed by atoms with Crippen LogP contribution in [-0.2, 0) is 13.0 Å². The van der Waals surface area contributed by atoms with Gasteiger partial charge in [-0.2, -0.15) is 11.3 Å². The van der Waals surface area contributed by atoms with E-state index in [9.17, 15) is 0 Å². The molecule has 2 aromatic heterocycles. The van der Waals surface area contributed by atoms with Gasteiger partial charge in [-0.05, 0) is 48.2 Å². The van der Waals surface area contributed by atoms with E-state index in [1.54, 1.807) is 11.3 Å². The van der Waals surface area contributed by atoms with Crippen LogP contribution in [0.3, 0.4) is 0 Å². The normalized spacial score (nSPS) is 19.9. The highest BCUT2D eigenvalue weighted by atomic mass is 32.1. The molecule has 2 aromatic rings. The molecule has 0 aromatic carbocycles. The molecule has 1 atom stereocenters. The first-order valence-corrected chi connectivity index (χ1v) is 7.12. The van der Waals surface area contributed by atoms with Crippen LogP contribution in [0.1, 0.15) is 30.1 Å². The highest BCUT2D eigenvalue weighted by Gasteiger charge is 2.19. The summed E-state index contributed by atoms with van der Waals surface area (Å²) < 4.78 is 2.29. The Hall–Kier alpha value is -1.13. The Morgan fingerprint density at radius 1 is 1.53 bits per heavy atom. The topological polar surface area (TPSA) is 29.9 Å². The standard InChI is InChI=1S/C13H17N3S/c1-2-12(15-5-1)13-8-14-10-16(13)6-3-11-4-7-17-9-11/h4,7-10,12,15H,1-3,5-6H2. The van der Waals surface area contributed by atoms with Gasteiger partial charge >= 0.3 is 0 Å². The van der Waals surface area contributed by atoms with Crippen molar-refractivity contribution in [2.45, 2.75) is 31.8 Å². The fourth-order valence-electron chi connectivity index (χ4n) is 2.43. The summed E-state index contributed by atoms with van der Waals surface area (Å²) in [4.78, 5) is 4.29. The van der Waals surface area contributed by atoms with Gasteiger partial charge in [0, 0.05) is 18.8 Å². The first-order valence-electron chi connectivity index (χ1n) is 6.18. The molecule has 4 heteroatoms. The Bertz CT molecular complexity index is 455. The molecule has 1 aliphatic heterocycles. The summed E-state index contributed by atoms with van der Waals surface area (Å²) in [6, 6.07) is 2.72. The minimum Gasteiger partial charge on any atom is -0.333 e. The van der Waals surface area contributed by atoms with Crippen LogP contribution in [0.5, 0.6) is 0 Å². The van der Waals surface area contributed by atoms with Crippen molar-refractivity contribution in [3.8, 4) is 0 Å². The second-order valence-corrected chi connectivity index (χ2v) is 5.32. The number of thiophene rings is 1. The minimum atomic E-state index is 0.514. The maximum atomic E-state index is 4.29. The molecule has 17 heavy (non-hydrogen) atoms. The fraction of sp³-hybridized carbons (Fsp3) is 0.462. The van der Waals surface area contributed by atoms with E-state index in [1.807, 2.05) is 12.5 Å². The van der Waals surface area contributed by atoms with Crippen molar-refractivity contribution in [1.29, 1.82) is 0 Å². The maximum absolute atomic E-state index is 4.29. The SMILES string of the molecule is c1cc(CCn2cncc2C2CCCN2)cs1. The molecular weight excluding hydrogens is 230 g/mol. The zero-order chi connectivity index (χ0) is 11.5. The predicted octanol–water partition coefficient (Wildman–Crippen LogP) is 2.61. The number of imidazole rings is 1. The number of aromatic nitrogens is 2. The number of rotatable bonds is 4. The summed E-state index contributed by atoms with van der Waals surface area (Å²) in [5.41, 5.74) is 2.77. The summed E-state index contributed by atoms with van der Waals surface area (Å²) in [6.07, 6.45) is 7.59. The number of hydrogen-bond acceptors (Lipinski definition) is 3. The average molecular weight is 247 g/mol. The van der Waals surface area contributed by atoms with Gasteiger partial charge < -0.3 is 9.88 Å². The molecule has 1 fully saturated rings. The van der Waals surface area contributed by atoms with Crippen molar-refractivity contribution >= 4 is 11.3 Å². The molecule has 0 amide bonds. The Kier molecular flexibility index (Phi) is 3.25. The zero-order valence-corrected chi connectivity index (χ0v) is 10.6. The molecule has 3 heterocycles. The molecule has 0 bridgehead atoms. The van der Waals surface area contributed by atoms with Crippen molar-refractivity contribution in [2.75, 3.05) is 6.54 Å². The lowest BCUT2D eigenvalue weighted by Gasteiger charge is -2.13. The van der Waals surface area contributed by atoms with E-state index in [0.29, 0.717) is 6.04 Å². The summed E-state index contributed by atoms with van der Waals surface area (Å²) in [6.45, 7) is 2.17. The third kappa shape index (κ3) is 2.42. The van der Waals surface area contributed by atoms with Crippen LogP contribution in [0.2, 0.25) is 0 Å². The van der Waals surface area contributed by atoms with Gasteiger partial charge in [0.1, 0.15) is 0 Å². The molecule has 1 N–H and O–H groups in total. The van der Waals surface area contributed by atoms with Crippen LogP contribution >= 0.6 is 11.3 Å². The largest absolute Gasteiger partial charge is 0.333 e. The van der Waals surface area contributed by atoms with E-state index in [0.717, 1.165) is 19.5 Å². The van der Waals surface area contributed by atoms with Crippen molar-refractivity contribution < 1.29 is 0 Å². The molecule has 1 saturated heterocycles. The molecule has 0 saturated carbocycles. The second-order valence-electron chi connectivity index (χ2n) is 4.54. The van der Waals surface area contributed by atoms with Crippen molar-refractivity contribution in [3.63, 3.8) is 0 Å². The molecule has 0 radical (unpaired) electrons. The molecule has 3 nitrogen and oxygen atoms in total. The lowest BCUT2D eigenvalue weighted by atomic mass is 10.1. The Labute approximate surface area is 106 Å². The summed E-state index contributed by atoms with van der Waals surface area (Å²) >= 11 is 1.77. The van der Waals surface area contributed by atoms with E-state index in [-0.39, 0.29) is 0 Å². The highest BCUT2D eigenvalue weighted by Crippen LogP contribution is 2.22. The van der Waals surface area contributed by atoms with Crippen molar-refractivity contribution in [3.05, 3.63) is 40.6 Å². The van der Waals surface area contributed by atoms with Gasteiger partial charge in [-0.3, -0.25) is 0 Å². The van der Waals surface area contributed by atoms with E-state index in [4.69, 9.17) is 0 Å². The van der Waals surface area contributed by atoms with Gasteiger partial charge in [0.25, 0.3) is 0 Å². The van der Waals surface area contributed by atoms with Gasteiger partial charge in [-0.1, -0.05) is 0 Å². The Balaban J connectivity index is 1.68. The monoisotopic (exact) mass is 247 g/mol. The lowest BCUT2D eigenvalue weighted by Crippen LogP contribution is -2.17. The van der Waals surface area contributed by atoms with Gasteiger partial charge in [-0.15, -0.1) is 0 Å². The molecule has 90 valence electrons. The number of hydrogen-bond donors (Lipinski definition) is 1. The van der Waals surface area contributed by atoms with Crippen molar-refractivity contribution in [1.82, 2.24) is 14.9 Å². The van der Waals surface area contributed by atoms with Crippen LogP contribution in [0.15, 0.2) is 29.4 Å². The molecule has 3 rings (SSSR count). The summed E-state index contributed by atoms with van der Waals surface area (Å²) in [5, 5.41) is 7.90. The predicted molar refractivity (Wildman–Crippen MR) is 70.2 cm³/mol. The van der Waals surface area contributed by atoms with Crippen molar-refractivity contribution in [2.24, 2.45) is 0 Å². The fourth-order valence-corrected chi connectivity index (χ4v) is 3.13. The quantitative estimate of drug-likeness (QED) is 0.900. The smallest absolute Gasteiger partial charge is 0.0948 e. The minimum absolute atomic E-state index is 0.514. The van der Waals surface area contributed by atoms with Gasteiger partial charge in [0.15, 0.2) is 0 Å². The molecule has 0 aliphatic carbocycles. The lowest BCUT2D eigenvalue weighted by molar-refractivity contribution is 0.563. The van der Waals surface area contributed by atoms with Gasteiger partial charge in [0.05, 0.1) is 12.0 Å². The van der Waals surface area contributed by atoms with E-state index < -0.39 is 0 Å². The summed E-state index contributed by atoms with van der Waals surface area (Å²) in [5.74, 6) is 0.